The molecule has 1 atom stereocenters. The minimum Gasteiger partial charge on any atom is -0.368 e. The molecule has 0 amide bonds. The summed E-state index contributed by atoms with van der Waals surface area (Å²) in [4.78, 5) is 8.37. The summed E-state index contributed by atoms with van der Waals surface area (Å²) in [7, 11) is 0. The smallest absolute Gasteiger partial charge is 0.224 e. The molecular weight excluding hydrogens is 264 g/mol. The van der Waals surface area contributed by atoms with Gasteiger partial charge in [-0.3, -0.25) is 5.10 Å². The molecule has 6 heteroatoms. The van der Waals surface area contributed by atoms with Gasteiger partial charge in [0.25, 0.3) is 0 Å². The summed E-state index contributed by atoms with van der Waals surface area (Å²) in [5.41, 5.74) is 7.70. The predicted molar refractivity (Wildman–Crippen MR) is 83.9 cm³/mol. The highest BCUT2D eigenvalue weighted by molar-refractivity contribution is 5.86. The standard InChI is InChI=1S/C15H18N6/c1-10(7-8-11-5-3-2-4-6-11)18-13-12-9-17-21-14(12)20-15(16)19-13/h2-6,9-10H,7-8H2,1H3,(H4,16,17,18,19,20,21). The van der Waals surface area contributed by atoms with Crippen LogP contribution in [0, 0.1) is 0 Å². The van der Waals surface area contributed by atoms with E-state index in [1.54, 1.807) is 6.20 Å². The van der Waals surface area contributed by atoms with Crippen molar-refractivity contribution in [1.29, 1.82) is 0 Å². The van der Waals surface area contributed by atoms with Gasteiger partial charge in [0.2, 0.25) is 5.95 Å². The average Bonchev–Trinajstić information content (AvgIpc) is 2.94. The van der Waals surface area contributed by atoms with E-state index in [-0.39, 0.29) is 12.0 Å². The number of nitrogen functional groups attached to an aromatic ring is 1. The third kappa shape index (κ3) is 3.10. The molecule has 21 heavy (non-hydrogen) atoms. The van der Waals surface area contributed by atoms with E-state index in [1.807, 2.05) is 6.07 Å². The monoisotopic (exact) mass is 282 g/mol. The maximum atomic E-state index is 5.71. The topological polar surface area (TPSA) is 92.5 Å². The number of hydrogen-bond donors (Lipinski definition) is 3. The molecule has 3 aromatic rings. The Hall–Kier alpha value is -2.63. The lowest BCUT2D eigenvalue weighted by Gasteiger charge is -2.15. The zero-order valence-corrected chi connectivity index (χ0v) is 11.9. The summed E-state index contributed by atoms with van der Waals surface area (Å²) in [5.74, 6) is 0.969. The van der Waals surface area contributed by atoms with Crippen LogP contribution < -0.4 is 11.1 Å². The van der Waals surface area contributed by atoms with E-state index in [0.29, 0.717) is 5.65 Å². The number of benzene rings is 1. The molecule has 0 spiro atoms. The zero-order valence-electron chi connectivity index (χ0n) is 11.9. The Kier molecular flexibility index (Phi) is 3.68. The molecule has 0 fully saturated rings. The first-order valence-corrected chi connectivity index (χ1v) is 6.99. The molecule has 4 N–H and O–H groups in total. The molecule has 2 aromatic heterocycles. The minimum absolute atomic E-state index is 0.240. The summed E-state index contributed by atoms with van der Waals surface area (Å²) in [5, 5.41) is 11.0. The number of aromatic amines is 1. The largest absolute Gasteiger partial charge is 0.368 e. The highest BCUT2D eigenvalue weighted by Crippen LogP contribution is 2.20. The summed E-state index contributed by atoms with van der Waals surface area (Å²) >= 11 is 0. The molecular formula is C15H18N6. The van der Waals surface area contributed by atoms with Crippen LogP contribution >= 0.6 is 0 Å². The number of aromatic nitrogens is 4. The Labute approximate surface area is 122 Å². The summed E-state index contributed by atoms with van der Waals surface area (Å²) in [6.07, 6.45) is 3.73. The molecule has 1 aromatic carbocycles. The van der Waals surface area contributed by atoms with E-state index in [1.165, 1.54) is 5.56 Å². The maximum absolute atomic E-state index is 5.71. The Morgan fingerprint density at radius 2 is 2.05 bits per heavy atom. The second-order valence-corrected chi connectivity index (χ2v) is 5.13. The number of anilines is 2. The third-order valence-electron chi connectivity index (χ3n) is 3.42. The SMILES string of the molecule is CC(CCc1ccccc1)Nc1nc(N)nc2[nH]ncc12. The lowest BCUT2D eigenvalue weighted by atomic mass is 10.1. The fraction of sp³-hybridized carbons (Fsp3) is 0.267. The van der Waals surface area contributed by atoms with Crippen molar-refractivity contribution < 1.29 is 0 Å². The Balaban J connectivity index is 1.68. The van der Waals surface area contributed by atoms with Crippen molar-refractivity contribution in [2.24, 2.45) is 0 Å². The number of nitrogens with one attached hydrogen (secondary N) is 2. The van der Waals surface area contributed by atoms with Crippen molar-refractivity contribution in [2.75, 3.05) is 11.1 Å². The highest BCUT2D eigenvalue weighted by Gasteiger charge is 2.10. The number of aryl methyl sites for hydroxylation is 1. The molecule has 3 rings (SSSR count). The van der Waals surface area contributed by atoms with Crippen LogP contribution in [0.2, 0.25) is 0 Å². The molecule has 0 saturated heterocycles. The van der Waals surface area contributed by atoms with Gasteiger partial charge in [-0.15, -0.1) is 0 Å². The summed E-state index contributed by atoms with van der Waals surface area (Å²) < 4.78 is 0. The highest BCUT2D eigenvalue weighted by atomic mass is 15.2. The van der Waals surface area contributed by atoms with Crippen LogP contribution in [0.25, 0.3) is 11.0 Å². The van der Waals surface area contributed by atoms with Gasteiger partial charge in [-0.25, -0.2) is 0 Å². The van der Waals surface area contributed by atoms with E-state index < -0.39 is 0 Å². The molecule has 0 radical (unpaired) electrons. The predicted octanol–water partition coefficient (Wildman–Crippen LogP) is 2.37. The zero-order chi connectivity index (χ0) is 14.7. The molecule has 2 heterocycles. The van der Waals surface area contributed by atoms with Gasteiger partial charge < -0.3 is 11.1 Å². The first-order valence-electron chi connectivity index (χ1n) is 6.99. The second-order valence-electron chi connectivity index (χ2n) is 5.13. The number of hydrogen-bond acceptors (Lipinski definition) is 5. The Bertz CT molecular complexity index is 721. The third-order valence-corrected chi connectivity index (χ3v) is 3.42. The first-order chi connectivity index (χ1) is 10.2. The Morgan fingerprint density at radius 1 is 1.24 bits per heavy atom. The van der Waals surface area contributed by atoms with Crippen LogP contribution in [-0.4, -0.2) is 26.2 Å². The van der Waals surface area contributed by atoms with Crippen molar-refractivity contribution in [1.82, 2.24) is 20.2 Å². The number of rotatable bonds is 5. The van der Waals surface area contributed by atoms with E-state index >= 15 is 0 Å². The first kappa shape index (κ1) is 13.4. The molecule has 0 aliphatic heterocycles. The second kappa shape index (κ2) is 5.78. The summed E-state index contributed by atoms with van der Waals surface area (Å²) in [6, 6.07) is 10.7. The van der Waals surface area contributed by atoms with Crippen molar-refractivity contribution in [2.45, 2.75) is 25.8 Å². The van der Waals surface area contributed by atoms with E-state index in [9.17, 15) is 0 Å². The number of nitrogens with zero attached hydrogens (tertiary/aromatic N) is 3. The van der Waals surface area contributed by atoms with Crippen LogP contribution in [0.3, 0.4) is 0 Å². The molecule has 0 aliphatic carbocycles. The van der Waals surface area contributed by atoms with Gasteiger partial charge in [0.05, 0.1) is 11.6 Å². The molecule has 0 aliphatic rings. The average molecular weight is 282 g/mol. The molecule has 6 nitrogen and oxygen atoms in total. The number of fused-ring (bicyclic) bond motifs is 1. The quantitative estimate of drug-likeness (QED) is 0.668. The number of nitrogens with two attached hydrogens (primary N) is 1. The van der Waals surface area contributed by atoms with Crippen LogP contribution in [0.15, 0.2) is 36.5 Å². The van der Waals surface area contributed by atoms with E-state index in [0.717, 1.165) is 24.0 Å². The van der Waals surface area contributed by atoms with Crippen molar-refractivity contribution in [3.8, 4) is 0 Å². The lowest BCUT2D eigenvalue weighted by molar-refractivity contribution is 0.704. The van der Waals surface area contributed by atoms with Crippen molar-refractivity contribution in [3.63, 3.8) is 0 Å². The fourth-order valence-electron chi connectivity index (χ4n) is 2.30. The Morgan fingerprint density at radius 3 is 2.86 bits per heavy atom. The van der Waals surface area contributed by atoms with E-state index in [2.05, 4.69) is 56.7 Å². The van der Waals surface area contributed by atoms with Crippen LogP contribution in [0.1, 0.15) is 18.9 Å². The van der Waals surface area contributed by atoms with Gasteiger partial charge in [-0.1, -0.05) is 30.3 Å². The molecule has 108 valence electrons. The van der Waals surface area contributed by atoms with Gasteiger partial charge in [0, 0.05) is 6.04 Å². The fourth-order valence-corrected chi connectivity index (χ4v) is 2.30. The van der Waals surface area contributed by atoms with Gasteiger partial charge in [0.1, 0.15) is 5.82 Å². The van der Waals surface area contributed by atoms with Crippen molar-refractivity contribution >= 4 is 22.8 Å². The lowest BCUT2D eigenvalue weighted by Crippen LogP contribution is -2.17. The minimum atomic E-state index is 0.240. The van der Waals surface area contributed by atoms with Crippen LogP contribution in [-0.2, 0) is 6.42 Å². The van der Waals surface area contributed by atoms with Crippen molar-refractivity contribution in [3.05, 3.63) is 42.1 Å². The van der Waals surface area contributed by atoms with Gasteiger partial charge in [-0.05, 0) is 25.3 Å². The van der Waals surface area contributed by atoms with Gasteiger partial charge >= 0.3 is 0 Å². The molecule has 0 saturated carbocycles. The normalized spacial score (nSPS) is 12.4. The maximum Gasteiger partial charge on any atom is 0.224 e. The number of H-pyrrole nitrogens is 1. The van der Waals surface area contributed by atoms with Crippen LogP contribution in [0.4, 0.5) is 11.8 Å². The van der Waals surface area contributed by atoms with Gasteiger partial charge in [0.15, 0.2) is 5.65 Å². The van der Waals surface area contributed by atoms with E-state index in [4.69, 9.17) is 5.73 Å². The molecule has 1 unspecified atom stereocenters. The van der Waals surface area contributed by atoms with Crippen LogP contribution in [0.5, 0.6) is 0 Å². The van der Waals surface area contributed by atoms with Gasteiger partial charge in [-0.2, -0.15) is 15.1 Å². The molecule has 0 bridgehead atoms. The summed E-state index contributed by atoms with van der Waals surface area (Å²) in [6.45, 7) is 2.13.